The predicted molar refractivity (Wildman–Crippen MR) is 67.6 cm³/mol. The van der Waals surface area contributed by atoms with Crippen LogP contribution in [0.25, 0.3) is 0 Å². The molecule has 0 amide bonds. The Hall–Kier alpha value is -1.10. The lowest BCUT2D eigenvalue weighted by Crippen LogP contribution is -2.32. The van der Waals surface area contributed by atoms with E-state index in [4.69, 9.17) is 0 Å². The minimum absolute atomic E-state index is 0.0580. The van der Waals surface area contributed by atoms with Crippen molar-refractivity contribution in [2.24, 2.45) is 11.8 Å². The summed E-state index contributed by atoms with van der Waals surface area (Å²) in [5.74, 6) is -1.80. The average molecular weight is 290 g/mol. The van der Waals surface area contributed by atoms with Gasteiger partial charge in [0.2, 0.25) is 0 Å². The quantitative estimate of drug-likeness (QED) is 0.831. The van der Waals surface area contributed by atoms with Crippen LogP contribution >= 0.6 is 0 Å². The molecule has 2 rings (SSSR count). The number of halogens is 4. The van der Waals surface area contributed by atoms with Crippen molar-refractivity contribution in [2.75, 3.05) is 0 Å². The number of alkyl halides is 3. The van der Waals surface area contributed by atoms with Gasteiger partial charge in [-0.15, -0.1) is 0 Å². The minimum Gasteiger partial charge on any atom is -0.392 e. The molecule has 1 aliphatic rings. The fraction of sp³-hybridized carbons (Fsp3) is 0.600. The van der Waals surface area contributed by atoms with Crippen molar-refractivity contribution in [3.8, 4) is 0 Å². The van der Waals surface area contributed by atoms with Crippen molar-refractivity contribution in [3.63, 3.8) is 0 Å². The summed E-state index contributed by atoms with van der Waals surface area (Å²) in [7, 11) is 0. The molecule has 5 heteroatoms. The van der Waals surface area contributed by atoms with E-state index >= 15 is 0 Å². The Kier molecular flexibility index (Phi) is 4.68. The topological polar surface area (TPSA) is 20.2 Å². The summed E-state index contributed by atoms with van der Waals surface area (Å²) in [4.78, 5) is 0. The smallest absolute Gasteiger partial charge is 0.391 e. The molecular formula is C15H18F4O. The average Bonchev–Trinajstić information content (AvgIpc) is 2.40. The van der Waals surface area contributed by atoms with Crippen LogP contribution in [-0.4, -0.2) is 17.4 Å². The van der Waals surface area contributed by atoms with Gasteiger partial charge in [-0.1, -0.05) is 18.2 Å². The Labute approximate surface area is 115 Å². The third kappa shape index (κ3) is 3.72. The zero-order chi connectivity index (χ0) is 14.8. The largest absolute Gasteiger partial charge is 0.392 e. The SMILES string of the molecule is OC(Cc1ccccc1F)C1CCC(C(F)(F)F)CC1. The van der Waals surface area contributed by atoms with E-state index in [1.165, 1.54) is 6.07 Å². The summed E-state index contributed by atoms with van der Waals surface area (Å²) in [6, 6.07) is 6.17. The van der Waals surface area contributed by atoms with Crippen LogP contribution in [0.5, 0.6) is 0 Å². The second-order valence-electron chi connectivity index (χ2n) is 5.52. The molecule has 1 fully saturated rings. The first kappa shape index (κ1) is 15.3. The summed E-state index contributed by atoms with van der Waals surface area (Å²) in [6.45, 7) is 0. The van der Waals surface area contributed by atoms with Crippen molar-refractivity contribution in [1.82, 2.24) is 0 Å². The van der Waals surface area contributed by atoms with Gasteiger partial charge in [-0.05, 0) is 43.2 Å². The van der Waals surface area contributed by atoms with Gasteiger partial charge in [0.15, 0.2) is 0 Å². The molecule has 1 aliphatic carbocycles. The van der Waals surface area contributed by atoms with Crippen LogP contribution in [0.15, 0.2) is 24.3 Å². The third-order valence-corrected chi connectivity index (χ3v) is 4.17. The summed E-state index contributed by atoms with van der Waals surface area (Å²) in [5.41, 5.74) is 0.415. The van der Waals surface area contributed by atoms with Gasteiger partial charge < -0.3 is 5.11 Å². The molecule has 112 valence electrons. The zero-order valence-corrected chi connectivity index (χ0v) is 11.0. The number of rotatable bonds is 3. The lowest BCUT2D eigenvalue weighted by atomic mass is 9.78. The molecule has 1 aromatic carbocycles. The van der Waals surface area contributed by atoms with Gasteiger partial charge in [-0.25, -0.2) is 4.39 Å². The molecule has 0 aliphatic heterocycles. The van der Waals surface area contributed by atoms with Gasteiger partial charge in [0.1, 0.15) is 5.82 Å². The monoisotopic (exact) mass is 290 g/mol. The van der Waals surface area contributed by atoms with E-state index in [1.807, 2.05) is 0 Å². The van der Waals surface area contributed by atoms with Crippen LogP contribution in [0.4, 0.5) is 17.6 Å². The lowest BCUT2D eigenvalue weighted by molar-refractivity contribution is -0.185. The second kappa shape index (κ2) is 6.12. The van der Waals surface area contributed by atoms with Crippen molar-refractivity contribution >= 4 is 0 Å². The summed E-state index contributed by atoms with van der Waals surface area (Å²) in [6.07, 6.45) is -3.94. The van der Waals surface area contributed by atoms with E-state index in [1.54, 1.807) is 18.2 Å². The molecular weight excluding hydrogens is 272 g/mol. The highest BCUT2D eigenvalue weighted by Crippen LogP contribution is 2.40. The Bertz CT molecular complexity index is 436. The lowest BCUT2D eigenvalue weighted by Gasteiger charge is -2.32. The van der Waals surface area contributed by atoms with Crippen LogP contribution in [0.1, 0.15) is 31.2 Å². The van der Waals surface area contributed by atoms with Gasteiger partial charge in [0.25, 0.3) is 0 Å². The van der Waals surface area contributed by atoms with E-state index in [0.29, 0.717) is 18.4 Å². The van der Waals surface area contributed by atoms with Crippen LogP contribution in [0, 0.1) is 17.7 Å². The molecule has 0 spiro atoms. The highest BCUT2D eigenvalue weighted by molar-refractivity contribution is 5.18. The van der Waals surface area contributed by atoms with Crippen molar-refractivity contribution in [1.29, 1.82) is 0 Å². The van der Waals surface area contributed by atoms with Crippen LogP contribution in [-0.2, 0) is 6.42 Å². The molecule has 1 saturated carbocycles. The highest BCUT2D eigenvalue weighted by Gasteiger charge is 2.42. The van der Waals surface area contributed by atoms with E-state index in [-0.39, 0.29) is 31.0 Å². The maximum atomic E-state index is 13.5. The Morgan fingerprint density at radius 2 is 1.70 bits per heavy atom. The normalized spacial score (nSPS) is 25.4. The fourth-order valence-electron chi connectivity index (χ4n) is 2.89. The van der Waals surface area contributed by atoms with Crippen molar-refractivity contribution in [3.05, 3.63) is 35.6 Å². The van der Waals surface area contributed by atoms with Gasteiger partial charge in [-0.3, -0.25) is 0 Å². The number of hydrogen-bond donors (Lipinski definition) is 1. The molecule has 0 radical (unpaired) electrons. The Balaban J connectivity index is 1.89. The number of hydrogen-bond acceptors (Lipinski definition) is 1. The standard InChI is InChI=1S/C15H18F4O/c16-13-4-2-1-3-11(13)9-14(20)10-5-7-12(8-6-10)15(17,18)19/h1-4,10,12,14,20H,5-9H2. The predicted octanol–water partition coefficient (Wildman–Crippen LogP) is 4.10. The molecule has 0 aromatic heterocycles. The molecule has 1 unspecified atom stereocenters. The van der Waals surface area contributed by atoms with Gasteiger partial charge in [0.05, 0.1) is 12.0 Å². The molecule has 1 atom stereocenters. The maximum absolute atomic E-state index is 13.5. The van der Waals surface area contributed by atoms with Crippen molar-refractivity contribution in [2.45, 2.75) is 44.4 Å². The Morgan fingerprint density at radius 3 is 2.25 bits per heavy atom. The number of aliphatic hydroxyl groups is 1. The molecule has 1 aromatic rings. The Morgan fingerprint density at radius 1 is 1.10 bits per heavy atom. The third-order valence-electron chi connectivity index (χ3n) is 4.17. The van der Waals surface area contributed by atoms with E-state index in [9.17, 15) is 22.7 Å². The first-order valence-corrected chi connectivity index (χ1v) is 6.86. The van der Waals surface area contributed by atoms with E-state index in [2.05, 4.69) is 0 Å². The van der Waals surface area contributed by atoms with Crippen LogP contribution in [0.3, 0.4) is 0 Å². The highest BCUT2D eigenvalue weighted by atomic mass is 19.4. The molecule has 1 nitrogen and oxygen atoms in total. The van der Waals surface area contributed by atoms with Crippen LogP contribution < -0.4 is 0 Å². The fourth-order valence-corrected chi connectivity index (χ4v) is 2.89. The zero-order valence-electron chi connectivity index (χ0n) is 11.0. The molecule has 1 N–H and O–H groups in total. The summed E-state index contributed by atoms with van der Waals surface area (Å²) in [5, 5.41) is 10.1. The molecule has 0 bridgehead atoms. The molecule has 0 saturated heterocycles. The van der Waals surface area contributed by atoms with E-state index < -0.39 is 18.2 Å². The van der Waals surface area contributed by atoms with Crippen LogP contribution in [0.2, 0.25) is 0 Å². The second-order valence-corrected chi connectivity index (χ2v) is 5.52. The van der Waals surface area contributed by atoms with E-state index in [0.717, 1.165) is 0 Å². The minimum atomic E-state index is -4.14. The van der Waals surface area contributed by atoms with Gasteiger partial charge in [0, 0.05) is 6.42 Å². The maximum Gasteiger partial charge on any atom is 0.391 e. The molecule has 0 heterocycles. The summed E-state index contributed by atoms with van der Waals surface area (Å²) >= 11 is 0. The van der Waals surface area contributed by atoms with Gasteiger partial charge in [-0.2, -0.15) is 13.2 Å². The summed E-state index contributed by atoms with van der Waals surface area (Å²) < 4.78 is 51.1. The van der Waals surface area contributed by atoms with Gasteiger partial charge >= 0.3 is 6.18 Å². The number of aliphatic hydroxyl groups excluding tert-OH is 1. The first-order chi connectivity index (χ1) is 9.38. The molecule has 20 heavy (non-hydrogen) atoms. The first-order valence-electron chi connectivity index (χ1n) is 6.86. The number of benzene rings is 1. The van der Waals surface area contributed by atoms with Crippen molar-refractivity contribution < 1.29 is 22.7 Å².